The van der Waals surface area contributed by atoms with Crippen LogP contribution >= 0.6 is 0 Å². The van der Waals surface area contributed by atoms with Crippen LogP contribution in [0.3, 0.4) is 0 Å². The molecule has 0 radical (unpaired) electrons. The Labute approximate surface area is 118 Å². The van der Waals surface area contributed by atoms with Gasteiger partial charge in [-0.1, -0.05) is 36.4 Å². The van der Waals surface area contributed by atoms with E-state index in [-0.39, 0.29) is 12.4 Å². The molecule has 0 amide bonds. The molecule has 0 aliphatic rings. The first-order chi connectivity index (χ1) is 9.70. The van der Waals surface area contributed by atoms with Crippen LogP contribution in [0, 0.1) is 0 Å². The van der Waals surface area contributed by atoms with Gasteiger partial charge in [0.15, 0.2) is 0 Å². The van der Waals surface area contributed by atoms with E-state index in [4.69, 9.17) is 5.11 Å². The summed E-state index contributed by atoms with van der Waals surface area (Å²) in [7, 11) is 0. The lowest BCUT2D eigenvalue weighted by molar-refractivity contribution is 0.174. The van der Waals surface area contributed by atoms with Crippen molar-refractivity contribution in [2.75, 3.05) is 6.54 Å². The molecule has 2 rings (SSSR count). The first kappa shape index (κ1) is 14.5. The zero-order valence-corrected chi connectivity index (χ0v) is 11.2. The van der Waals surface area contributed by atoms with Gasteiger partial charge in [-0.25, -0.2) is 0 Å². The van der Waals surface area contributed by atoms with Gasteiger partial charge < -0.3 is 20.6 Å². The van der Waals surface area contributed by atoms with Gasteiger partial charge in [0.25, 0.3) is 0 Å². The van der Waals surface area contributed by atoms with E-state index in [1.54, 1.807) is 12.1 Å². The fourth-order valence-electron chi connectivity index (χ4n) is 2.01. The Morgan fingerprint density at radius 3 is 2.50 bits per heavy atom. The molecule has 4 heteroatoms. The van der Waals surface area contributed by atoms with Crippen LogP contribution in [-0.4, -0.2) is 21.9 Å². The molecule has 0 fully saturated rings. The number of rotatable bonds is 6. The Morgan fingerprint density at radius 1 is 1.05 bits per heavy atom. The Kier molecular flexibility index (Phi) is 5.12. The maximum absolute atomic E-state index is 10.1. The summed E-state index contributed by atoms with van der Waals surface area (Å²) in [6.07, 6.45) is -0.676. The molecule has 2 aromatic carbocycles. The molecular formula is C16H19NO3. The Balaban J connectivity index is 1.90. The minimum absolute atomic E-state index is 0.0423. The van der Waals surface area contributed by atoms with Crippen molar-refractivity contribution < 1.29 is 15.3 Å². The highest BCUT2D eigenvalue weighted by molar-refractivity contribution is 5.36. The summed E-state index contributed by atoms with van der Waals surface area (Å²) in [5.41, 5.74) is 2.25. The number of nitrogens with one attached hydrogen (secondary N) is 1. The van der Waals surface area contributed by atoms with Crippen molar-refractivity contribution in [2.45, 2.75) is 19.3 Å². The van der Waals surface area contributed by atoms with Crippen molar-refractivity contribution >= 4 is 0 Å². The molecule has 0 saturated heterocycles. The minimum Gasteiger partial charge on any atom is -0.508 e. The van der Waals surface area contributed by atoms with Gasteiger partial charge in [-0.3, -0.25) is 0 Å². The molecule has 106 valence electrons. The normalized spacial score (nSPS) is 12.3. The third-order valence-electron chi connectivity index (χ3n) is 3.17. The van der Waals surface area contributed by atoms with Gasteiger partial charge in [0.1, 0.15) is 5.75 Å². The number of aliphatic hydroxyl groups is 2. The smallest absolute Gasteiger partial charge is 0.121 e. The molecule has 1 atom stereocenters. The summed E-state index contributed by atoms with van der Waals surface area (Å²) in [6.45, 7) is 0.844. The van der Waals surface area contributed by atoms with Gasteiger partial charge in [-0.05, 0) is 23.3 Å². The molecule has 0 aliphatic carbocycles. The fraction of sp³-hybridized carbons (Fsp3) is 0.250. The maximum Gasteiger partial charge on any atom is 0.121 e. The van der Waals surface area contributed by atoms with Crippen LogP contribution in [0.15, 0.2) is 48.5 Å². The van der Waals surface area contributed by atoms with E-state index in [9.17, 15) is 10.2 Å². The second-order valence-electron chi connectivity index (χ2n) is 4.68. The molecule has 4 nitrogen and oxygen atoms in total. The first-order valence-corrected chi connectivity index (χ1v) is 6.56. The van der Waals surface area contributed by atoms with Gasteiger partial charge in [0.05, 0.1) is 12.7 Å². The molecule has 20 heavy (non-hydrogen) atoms. The second kappa shape index (κ2) is 7.05. The molecular weight excluding hydrogens is 254 g/mol. The molecule has 2 aromatic rings. The van der Waals surface area contributed by atoms with Crippen LogP contribution in [0.5, 0.6) is 5.75 Å². The predicted octanol–water partition coefficient (Wildman–Crippen LogP) is 1.71. The van der Waals surface area contributed by atoms with Crippen LogP contribution < -0.4 is 5.32 Å². The predicted molar refractivity (Wildman–Crippen MR) is 77.1 cm³/mol. The van der Waals surface area contributed by atoms with Crippen molar-refractivity contribution in [3.63, 3.8) is 0 Å². The summed E-state index contributed by atoms with van der Waals surface area (Å²) in [5.74, 6) is 0.0423. The summed E-state index contributed by atoms with van der Waals surface area (Å²) in [5, 5.41) is 31.8. The molecule has 0 bridgehead atoms. The summed E-state index contributed by atoms with van der Waals surface area (Å²) >= 11 is 0. The van der Waals surface area contributed by atoms with Crippen LogP contribution in [0.25, 0.3) is 0 Å². The lowest BCUT2D eigenvalue weighted by Gasteiger charge is -2.14. The molecule has 0 saturated carbocycles. The number of hydrogen-bond acceptors (Lipinski definition) is 4. The van der Waals surface area contributed by atoms with E-state index < -0.39 is 6.10 Å². The van der Waals surface area contributed by atoms with Gasteiger partial charge in [0.2, 0.25) is 0 Å². The SMILES string of the molecule is OCc1cc(C(O)CNCc2ccccc2)ccc1O. The number of aliphatic hydroxyl groups excluding tert-OH is 2. The summed E-state index contributed by atoms with van der Waals surface area (Å²) in [4.78, 5) is 0. The Bertz CT molecular complexity index is 543. The molecule has 4 N–H and O–H groups in total. The van der Waals surface area contributed by atoms with E-state index in [2.05, 4.69) is 5.32 Å². The molecule has 0 aliphatic heterocycles. The van der Waals surface area contributed by atoms with Gasteiger partial charge in [0, 0.05) is 18.7 Å². The quantitative estimate of drug-likeness (QED) is 0.646. The third-order valence-corrected chi connectivity index (χ3v) is 3.17. The molecule has 0 aromatic heterocycles. The largest absolute Gasteiger partial charge is 0.508 e. The number of benzene rings is 2. The lowest BCUT2D eigenvalue weighted by Crippen LogP contribution is -2.21. The number of phenols is 1. The maximum atomic E-state index is 10.1. The number of hydrogen-bond donors (Lipinski definition) is 4. The highest BCUT2D eigenvalue weighted by Gasteiger charge is 2.09. The van der Waals surface area contributed by atoms with E-state index >= 15 is 0 Å². The van der Waals surface area contributed by atoms with Crippen molar-refractivity contribution in [1.82, 2.24) is 5.32 Å². The topological polar surface area (TPSA) is 72.7 Å². The van der Waals surface area contributed by atoms with Crippen LogP contribution in [-0.2, 0) is 13.2 Å². The van der Waals surface area contributed by atoms with E-state index in [1.165, 1.54) is 6.07 Å². The van der Waals surface area contributed by atoms with E-state index in [0.29, 0.717) is 24.2 Å². The average molecular weight is 273 g/mol. The monoisotopic (exact) mass is 273 g/mol. The van der Waals surface area contributed by atoms with Gasteiger partial charge >= 0.3 is 0 Å². The van der Waals surface area contributed by atoms with Gasteiger partial charge in [-0.15, -0.1) is 0 Å². The van der Waals surface area contributed by atoms with Crippen LogP contribution in [0.4, 0.5) is 0 Å². The Hall–Kier alpha value is -1.88. The third kappa shape index (κ3) is 3.81. The highest BCUT2D eigenvalue weighted by Crippen LogP contribution is 2.22. The van der Waals surface area contributed by atoms with Gasteiger partial charge in [-0.2, -0.15) is 0 Å². The first-order valence-electron chi connectivity index (χ1n) is 6.56. The second-order valence-corrected chi connectivity index (χ2v) is 4.68. The van der Waals surface area contributed by atoms with Crippen molar-refractivity contribution in [3.8, 4) is 5.75 Å². The minimum atomic E-state index is -0.676. The molecule has 0 heterocycles. The Morgan fingerprint density at radius 2 is 1.80 bits per heavy atom. The molecule has 1 unspecified atom stereocenters. The van der Waals surface area contributed by atoms with Crippen molar-refractivity contribution in [1.29, 1.82) is 0 Å². The highest BCUT2D eigenvalue weighted by atomic mass is 16.3. The van der Waals surface area contributed by atoms with E-state index in [0.717, 1.165) is 5.56 Å². The lowest BCUT2D eigenvalue weighted by atomic mass is 10.1. The van der Waals surface area contributed by atoms with E-state index in [1.807, 2.05) is 30.3 Å². The van der Waals surface area contributed by atoms with Crippen LogP contribution in [0.2, 0.25) is 0 Å². The van der Waals surface area contributed by atoms with Crippen molar-refractivity contribution in [2.24, 2.45) is 0 Å². The zero-order valence-electron chi connectivity index (χ0n) is 11.2. The summed E-state index contributed by atoms with van der Waals surface area (Å²) < 4.78 is 0. The van der Waals surface area contributed by atoms with Crippen molar-refractivity contribution in [3.05, 3.63) is 65.2 Å². The zero-order chi connectivity index (χ0) is 14.4. The average Bonchev–Trinajstić information content (AvgIpc) is 2.48. The molecule has 0 spiro atoms. The van der Waals surface area contributed by atoms with Crippen LogP contribution in [0.1, 0.15) is 22.8 Å². The standard InChI is InChI=1S/C16H19NO3/c18-11-14-8-13(6-7-15(14)19)16(20)10-17-9-12-4-2-1-3-5-12/h1-8,16-20H,9-11H2. The summed E-state index contributed by atoms with van der Waals surface area (Å²) in [6, 6.07) is 14.7. The number of aromatic hydroxyl groups is 1. The fourth-order valence-corrected chi connectivity index (χ4v) is 2.01.